The van der Waals surface area contributed by atoms with Crippen LogP contribution in [0.1, 0.15) is 38.9 Å². The second-order valence-corrected chi connectivity index (χ2v) is 6.40. The predicted molar refractivity (Wildman–Crippen MR) is 84.6 cm³/mol. The SMILES string of the molecule is COc1cccc2c1nc(C(C)Cl)n2CC(C)C(C)C. The standard InChI is InChI=1S/C16H23ClN2O/c1-10(2)11(3)9-19-13-7-6-8-14(20-5)15(13)18-16(19)12(4)17/h6-8,10-12H,9H2,1-5H3. The summed E-state index contributed by atoms with van der Waals surface area (Å²) >= 11 is 6.31. The molecule has 1 heterocycles. The maximum atomic E-state index is 6.31. The van der Waals surface area contributed by atoms with Crippen LogP contribution in [0.2, 0.25) is 0 Å². The highest BCUT2D eigenvalue weighted by molar-refractivity contribution is 6.20. The predicted octanol–water partition coefficient (Wildman–Crippen LogP) is 4.64. The zero-order valence-electron chi connectivity index (χ0n) is 12.9. The number of hydrogen-bond acceptors (Lipinski definition) is 2. The molecule has 0 aliphatic carbocycles. The van der Waals surface area contributed by atoms with Gasteiger partial charge in [0.2, 0.25) is 0 Å². The summed E-state index contributed by atoms with van der Waals surface area (Å²) in [5.41, 5.74) is 1.99. The molecule has 2 unspecified atom stereocenters. The summed E-state index contributed by atoms with van der Waals surface area (Å²) in [6.07, 6.45) is 0. The number of para-hydroxylation sites is 1. The van der Waals surface area contributed by atoms with Gasteiger partial charge in [0.05, 0.1) is 18.0 Å². The summed E-state index contributed by atoms with van der Waals surface area (Å²) in [6, 6.07) is 6.02. The van der Waals surface area contributed by atoms with E-state index in [1.165, 1.54) is 0 Å². The maximum absolute atomic E-state index is 6.31. The van der Waals surface area contributed by atoms with E-state index in [4.69, 9.17) is 21.3 Å². The highest BCUT2D eigenvalue weighted by Gasteiger charge is 2.19. The Morgan fingerprint density at radius 3 is 2.50 bits per heavy atom. The van der Waals surface area contributed by atoms with Gasteiger partial charge in [0.15, 0.2) is 0 Å². The van der Waals surface area contributed by atoms with Gasteiger partial charge in [0, 0.05) is 6.54 Å². The first-order valence-corrected chi connectivity index (χ1v) is 7.56. The molecule has 0 N–H and O–H groups in total. The van der Waals surface area contributed by atoms with Crippen molar-refractivity contribution in [3.8, 4) is 5.75 Å². The Morgan fingerprint density at radius 2 is 1.95 bits per heavy atom. The number of nitrogens with zero attached hydrogens (tertiary/aromatic N) is 2. The molecular weight excluding hydrogens is 272 g/mol. The number of fused-ring (bicyclic) bond motifs is 1. The van der Waals surface area contributed by atoms with Crippen LogP contribution in [0.4, 0.5) is 0 Å². The molecule has 4 heteroatoms. The summed E-state index contributed by atoms with van der Waals surface area (Å²) < 4.78 is 7.65. The molecule has 2 atom stereocenters. The van der Waals surface area contributed by atoms with Crippen LogP contribution in [0.25, 0.3) is 11.0 Å². The van der Waals surface area contributed by atoms with Crippen molar-refractivity contribution in [2.45, 2.75) is 39.6 Å². The topological polar surface area (TPSA) is 27.1 Å². The van der Waals surface area contributed by atoms with Gasteiger partial charge in [-0.25, -0.2) is 4.98 Å². The van der Waals surface area contributed by atoms with Gasteiger partial charge >= 0.3 is 0 Å². The van der Waals surface area contributed by atoms with Crippen LogP contribution in [0.3, 0.4) is 0 Å². The number of aromatic nitrogens is 2. The summed E-state index contributed by atoms with van der Waals surface area (Å²) in [5, 5.41) is -0.119. The Morgan fingerprint density at radius 1 is 1.25 bits per heavy atom. The average Bonchev–Trinajstić information content (AvgIpc) is 2.77. The Kier molecular flexibility index (Phi) is 4.59. The van der Waals surface area contributed by atoms with Crippen molar-refractivity contribution in [1.29, 1.82) is 0 Å². The van der Waals surface area contributed by atoms with Gasteiger partial charge in [-0.2, -0.15) is 0 Å². The van der Waals surface area contributed by atoms with Crippen molar-refractivity contribution in [2.24, 2.45) is 11.8 Å². The van der Waals surface area contributed by atoms with E-state index < -0.39 is 0 Å². The van der Waals surface area contributed by atoms with Crippen LogP contribution in [-0.2, 0) is 6.54 Å². The first-order chi connectivity index (χ1) is 9.45. The molecule has 0 bridgehead atoms. The smallest absolute Gasteiger partial charge is 0.146 e. The molecule has 0 saturated carbocycles. The quantitative estimate of drug-likeness (QED) is 0.751. The number of alkyl halides is 1. The van der Waals surface area contributed by atoms with Gasteiger partial charge in [-0.1, -0.05) is 26.8 Å². The van der Waals surface area contributed by atoms with E-state index in [1.54, 1.807) is 7.11 Å². The third-order valence-electron chi connectivity index (χ3n) is 3.96. The van der Waals surface area contributed by atoms with Gasteiger partial charge in [-0.3, -0.25) is 0 Å². The highest BCUT2D eigenvalue weighted by Crippen LogP contribution is 2.31. The van der Waals surface area contributed by atoms with E-state index in [9.17, 15) is 0 Å². The fraction of sp³-hybridized carbons (Fsp3) is 0.562. The summed E-state index contributed by atoms with van der Waals surface area (Å²) in [4.78, 5) is 4.70. The molecule has 0 saturated heterocycles. The van der Waals surface area contributed by atoms with Crippen LogP contribution >= 0.6 is 11.6 Å². The number of benzene rings is 1. The van der Waals surface area contributed by atoms with Crippen LogP contribution in [0.15, 0.2) is 18.2 Å². The molecule has 0 spiro atoms. The first-order valence-electron chi connectivity index (χ1n) is 7.12. The third kappa shape index (κ3) is 2.78. The number of hydrogen-bond donors (Lipinski definition) is 0. The second kappa shape index (κ2) is 6.04. The number of rotatable bonds is 5. The monoisotopic (exact) mass is 294 g/mol. The minimum atomic E-state index is -0.119. The van der Waals surface area contributed by atoms with Crippen LogP contribution in [0.5, 0.6) is 5.75 Å². The minimum absolute atomic E-state index is 0.119. The van der Waals surface area contributed by atoms with Crippen LogP contribution in [-0.4, -0.2) is 16.7 Å². The van der Waals surface area contributed by atoms with E-state index in [0.717, 1.165) is 29.2 Å². The highest BCUT2D eigenvalue weighted by atomic mass is 35.5. The normalized spacial score (nSPS) is 14.8. The van der Waals surface area contributed by atoms with Crippen molar-refractivity contribution < 1.29 is 4.74 Å². The molecule has 0 aliphatic heterocycles. The van der Waals surface area contributed by atoms with Crippen LogP contribution < -0.4 is 4.74 Å². The van der Waals surface area contributed by atoms with E-state index in [2.05, 4.69) is 31.4 Å². The molecule has 110 valence electrons. The molecule has 1 aromatic carbocycles. The number of ether oxygens (including phenoxy) is 1. The molecule has 20 heavy (non-hydrogen) atoms. The molecule has 3 nitrogen and oxygen atoms in total. The second-order valence-electron chi connectivity index (χ2n) is 5.75. The van der Waals surface area contributed by atoms with Crippen molar-refractivity contribution in [3.05, 3.63) is 24.0 Å². The van der Waals surface area contributed by atoms with Crippen molar-refractivity contribution in [1.82, 2.24) is 9.55 Å². The molecule has 0 aliphatic rings. The van der Waals surface area contributed by atoms with Gasteiger partial charge < -0.3 is 9.30 Å². The molecule has 0 amide bonds. The molecular formula is C16H23ClN2O. The average molecular weight is 295 g/mol. The molecule has 1 aromatic heterocycles. The lowest BCUT2D eigenvalue weighted by Gasteiger charge is -2.19. The molecule has 2 rings (SSSR count). The fourth-order valence-electron chi connectivity index (χ4n) is 2.30. The van der Waals surface area contributed by atoms with Crippen molar-refractivity contribution in [2.75, 3.05) is 7.11 Å². The van der Waals surface area contributed by atoms with Crippen molar-refractivity contribution in [3.63, 3.8) is 0 Å². The minimum Gasteiger partial charge on any atom is -0.494 e. The van der Waals surface area contributed by atoms with Gasteiger partial charge in [-0.05, 0) is 30.9 Å². The fourth-order valence-corrected chi connectivity index (χ4v) is 2.46. The Hall–Kier alpha value is -1.22. The Balaban J connectivity index is 2.57. The van der Waals surface area contributed by atoms with E-state index in [-0.39, 0.29) is 5.38 Å². The van der Waals surface area contributed by atoms with Gasteiger partial charge in [0.25, 0.3) is 0 Å². The summed E-state index contributed by atoms with van der Waals surface area (Å²) in [6.45, 7) is 9.64. The summed E-state index contributed by atoms with van der Waals surface area (Å²) in [7, 11) is 1.67. The van der Waals surface area contributed by atoms with Gasteiger partial charge in [0.1, 0.15) is 17.1 Å². The Bertz CT molecular complexity index is 589. The zero-order valence-corrected chi connectivity index (χ0v) is 13.6. The molecule has 0 fully saturated rings. The van der Waals surface area contributed by atoms with E-state index in [0.29, 0.717) is 11.8 Å². The van der Waals surface area contributed by atoms with Crippen molar-refractivity contribution >= 4 is 22.6 Å². The first kappa shape index (κ1) is 15.2. The third-order valence-corrected chi connectivity index (χ3v) is 4.15. The Labute approximate surface area is 125 Å². The lowest BCUT2D eigenvalue weighted by molar-refractivity contribution is 0.364. The maximum Gasteiger partial charge on any atom is 0.146 e. The van der Waals surface area contributed by atoms with Gasteiger partial charge in [-0.15, -0.1) is 11.6 Å². The molecule has 0 radical (unpaired) electrons. The lowest BCUT2D eigenvalue weighted by atomic mass is 9.98. The van der Waals surface area contributed by atoms with E-state index >= 15 is 0 Å². The number of halogens is 1. The summed E-state index contributed by atoms with van der Waals surface area (Å²) in [5.74, 6) is 2.90. The lowest BCUT2D eigenvalue weighted by Crippen LogP contribution is -2.15. The van der Waals surface area contributed by atoms with Crippen LogP contribution in [0, 0.1) is 11.8 Å². The molecule has 2 aromatic rings. The number of methoxy groups -OCH3 is 1. The number of imidazole rings is 1. The zero-order chi connectivity index (χ0) is 14.9. The van der Waals surface area contributed by atoms with E-state index in [1.807, 2.05) is 19.1 Å². The largest absolute Gasteiger partial charge is 0.494 e.